The Bertz CT molecular complexity index is 405. The number of benzene rings is 1. The average Bonchev–Trinajstić information content (AvgIpc) is 2.44. The first-order chi connectivity index (χ1) is 9.19. The molecule has 1 unspecified atom stereocenters. The number of hydrogen-bond donors (Lipinski definition) is 0. The van der Waals surface area contributed by atoms with Crippen LogP contribution in [0.3, 0.4) is 0 Å². The summed E-state index contributed by atoms with van der Waals surface area (Å²) in [5, 5.41) is -0.397. The van der Waals surface area contributed by atoms with E-state index in [0.29, 0.717) is 12.4 Å². The first-order valence-corrected chi connectivity index (χ1v) is 7.14. The van der Waals surface area contributed by atoms with Gasteiger partial charge in [0.2, 0.25) is 0 Å². The van der Waals surface area contributed by atoms with E-state index in [1.54, 1.807) is 6.92 Å². The van der Waals surface area contributed by atoms with Gasteiger partial charge in [-0.2, -0.15) is 0 Å². The van der Waals surface area contributed by atoms with Crippen molar-refractivity contribution >= 4 is 23.7 Å². The molecule has 4 nitrogen and oxygen atoms in total. The maximum atomic E-state index is 11.9. The molecule has 1 aromatic carbocycles. The molecule has 19 heavy (non-hydrogen) atoms. The quantitative estimate of drug-likeness (QED) is 0.719. The minimum atomic E-state index is -0.397. The molecule has 0 heterocycles. The van der Waals surface area contributed by atoms with Crippen molar-refractivity contribution in [2.24, 2.45) is 0 Å². The molecule has 0 aliphatic heterocycles. The van der Waals surface area contributed by atoms with Crippen molar-refractivity contribution in [3.8, 4) is 0 Å². The molecule has 0 bridgehead atoms. The van der Waals surface area contributed by atoms with Crippen molar-refractivity contribution in [2.45, 2.75) is 18.6 Å². The van der Waals surface area contributed by atoms with E-state index < -0.39 is 5.25 Å². The third kappa shape index (κ3) is 5.34. The maximum absolute atomic E-state index is 11.9. The Morgan fingerprint density at radius 1 is 1.26 bits per heavy atom. The molecule has 104 valence electrons. The summed E-state index contributed by atoms with van der Waals surface area (Å²) in [5.74, 6) is -0.0304. The average molecular weight is 282 g/mol. The summed E-state index contributed by atoms with van der Waals surface area (Å²) in [6.07, 6.45) is 0.282. The fraction of sp³-hybridized carbons (Fsp3) is 0.429. The van der Waals surface area contributed by atoms with E-state index in [4.69, 9.17) is 4.74 Å². The van der Waals surface area contributed by atoms with Crippen LogP contribution in [0.4, 0.5) is 0 Å². The third-order valence-electron chi connectivity index (χ3n) is 2.42. The largest absolute Gasteiger partial charge is 0.469 e. The molecular weight excluding hydrogens is 264 g/mol. The van der Waals surface area contributed by atoms with Gasteiger partial charge in [-0.15, -0.1) is 11.8 Å². The molecule has 0 radical (unpaired) electrons. The molecule has 0 aliphatic carbocycles. The first-order valence-electron chi connectivity index (χ1n) is 6.09. The number of carbonyl (C=O) groups is 2. The summed E-state index contributed by atoms with van der Waals surface area (Å²) >= 11 is 1.39. The van der Waals surface area contributed by atoms with Crippen LogP contribution in [0.5, 0.6) is 0 Å². The monoisotopic (exact) mass is 282 g/mol. The van der Waals surface area contributed by atoms with Crippen molar-refractivity contribution in [2.75, 3.05) is 19.5 Å². The van der Waals surface area contributed by atoms with Gasteiger partial charge in [-0.1, -0.05) is 30.3 Å². The summed E-state index contributed by atoms with van der Waals surface area (Å²) in [6, 6.07) is 9.41. The summed E-state index contributed by atoms with van der Waals surface area (Å²) in [6.45, 7) is 2.12. The molecule has 1 aromatic rings. The van der Waals surface area contributed by atoms with Crippen molar-refractivity contribution in [3.63, 3.8) is 0 Å². The van der Waals surface area contributed by atoms with E-state index in [0.717, 1.165) is 5.56 Å². The second-order valence-electron chi connectivity index (χ2n) is 3.74. The lowest BCUT2D eigenvalue weighted by atomic mass is 10.1. The van der Waals surface area contributed by atoms with Crippen LogP contribution in [0.15, 0.2) is 30.3 Å². The van der Waals surface area contributed by atoms with Crippen molar-refractivity contribution in [1.82, 2.24) is 0 Å². The highest BCUT2D eigenvalue weighted by atomic mass is 32.2. The summed E-state index contributed by atoms with van der Waals surface area (Å²) in [7, 11) is 1.35. The molecule has 1 rings (SSSR count). The Hall–Kier alpha value is -1.49. The predicted molar refractivity (Wildman–Crippen MR) is 74.9 cm³/mol. The highest BCUT2D eigenvalue weighted by Gasteiger charge is 2.22. The molecule has 5 heteroatoms. The normalized spacial score (nSPS) is 11.7. The van der Waals surface area contributed by atoms with Crippen LogP contribution in [0.1, 0.15) is 24.2 Å². The van der Waals surface area contributed by atoms with E-state index in [-0.39, 0.29) is 18.4 Å². The van der Waals surface area contributed by atoms with Crippen LogP contribution < -0.4 is 0 Å². The molecular formula is C14H18O4S. The van der Waals surface area contributed by atoms with Gasteiger partial charge in [-0.3, -0.25) is 9.59 Å². The number of hydrogen-bond acceptors (Lipinski definition) is 5. The minimum absolute atomic E-state index is 0.274. The number of esters is 2. The van der Waals surface area contributed by atoms with Crippen molar-refractivity contribution < 1.29 is 19.1 Å². The number of methoxy groups -OCH3 is 1. The van der Waals surface area contributed by atoms with Gasteiger partial charge in [0.05, 0.1) is 20.1 Å². The lowest BCUT2D eigenvalue weighted by Crippen LogP contribution is -2.14. The van der Waals surface area contributed by atoms with E-state index in [1.165, 1.54) is 18.9 Å². The molecule has 1 atom stereocenters. The van der Waals surface area contributed by atoms with Gasteiger partial charge in [0.25, 0.3) is 0 Å². The summed E-state index contributed by atoms with van der Waals surface area (Å²) < 4.78 is 9.64. The van der Waals surface area contributed by atoms with Gasteiger partial charge in [-0.25, -0.2) is 0 Å². The SMILES string of the molecule is CCOC(=O)C(SCCC(=O)OC)c1ccccc1. The topological polar surface area (TPSA) is 52.6 Å². The summed E-state index contributed by atoms with van der Waals surface area (Å²) in [5.41, 5.74) is 0.885. The van der Waals surface area contributed by atoms with E-state index >= 15 is 0 Å². The van der Waals surface area contributed by atoms with Gasteiger partial charge in [-0.05, 0) is 12.5 Å². The van der Waals surface area contributed by atoms with Crippen molar-refractivity contribution in [1.29, 1.82) is 0 Å². The zero-order valence-electron chi connectivity index (χ0n) is 11.1. The van der Waals surface area contributed by atoms with Gasteiger partial charge < -0.3 is 9.47 Å². The predicted octanol–water partition coefficient (Wildman–Crippen LogP) is 2.59. The smallest absolute Gasteiger partial charge is 0.323 e. The van der Waals surface area contributed by atoms with Crippen LogP contribution >= 0.6 is 11.8 Å². The molecule has 0 saturated carbocycles. The number of thioether (sulfide) groups is 1. The van der Waals surface area contributed by atoms with E-state index in [1.807, 2.05) is 30.3 Å². The summed E-state index contributed by atoms with van der Waals surface area (Å²) in [4.78, 5) is 23.0. The Morgan fingerprint density at radius 3 is 2.53 bits per heavy atom. The molecule has 0 aromatic heterocycles. The number of rotatable bonds is 7. The molecule has 0 saturated heterocycles. The Morgan fingerprint density at radius 2 is 1.95 bits per heavy atom. The van der Waals surface area contributed by atoms with E-state index in [2.05, 4.69) is 4.74 Å². The van der Waals surface area contributed by atoms with Crippen LogP contribution in [-0.2, 0) is 19.1 Å². The Kier molecular flexibility index (Phi) is 7.03. The number of ether oxygens (including phenoxy) is 2. The first kappa shape index (κ1) is 15.6. The fourth-order valence-electron chi connectivity index (χ4n) is 1.51. The van der Waals surface area contributed by atoms with Crippen LogP contribution in [0.2, 0.25) is 0 Å². The second-order valence-corrected chi connectivity index (χ2v) is 4.95. The Balaban J connectivity index is 2.65. The van der Waals surface area contributed by atoms with Crippen LogP contribution in [0.25, 0.3) is 0 Å². The van der Waals surface area contributed by atoms with Crippen LogP contribution in [0, 0.1) is 0 Å². The van der Waals surface area contributed by atoms with Gasteiger partial charge in [0, 0.05) is 5.75 Å². The highest BCUT2D eigenvalue weighted by Crippen LogP contribution is 2.30. The van der Waals surface area contributed by atoms with Gasteiger partial charge in [0.1, 0.15) is 5.25 Å². The number of carbonyl (C=O) groups excluding carboxylic acids is 2. The maximum Gasteiger partial charge on any atom is 0.323 e. The molecule has 0 N–H and O–H groups in total. The van der Waals surface area contributed by atoms with Gasteiger partial charge in [0.15, 0.2) is 0 Å². The molecule has 0 amide bonds. The molecule has 0 aliphatic rings. The van der Waals surface area contributed by atoms with Crippen LogP contribution in [-0.4, -0.2) is 31.4 Å². The zero-order chi connectivity index (χ0) is 14.1. The third-order valence-corrected chi connectivity index (χ3v) is 3.66. The highest BCUT2D eigenvalue weighted by molar-refractivity contribution is 8.00. The zero-order valence-corrected chi connectivity index (χ0v) is 11.9. The minimum Gasteiger partial charge on any atom is -0.469 e. The fourth-order valence-corrected chi connectivity index (χ4v) is 2.58. The lowest BCUT2D eigenvalue weighted by molar-refractivity contribution is -0.143. The second kappa shape index (κ2) is 8.58. The van der Waals surface area contributed by atoms with Crippen molar-refractivity contribution in [3.05, 3.63) is 35.9 Å². The Labute approximate surface area is 117 Å². The molecule has 0 spiro atoms. The lowest BCUT2D eigenvalue weighted by Gasteiger charge is -2.15. The van der Waals surface area contributed by atoms with E-state index in [9.17, 15) is 9.59 Å². The standard InChI is InChI=1S/C14H18O4S/c1-3-18-14(16)13(11-7-5-4-6-8-11)19-10-9-12(15)17-2/h4-8,13H,3,9-10H2,1-2H3. The van der Waals surface area contributed by atoms with Gasteiger partial charge >= 0.3 is 11.9 Å². The molecule has 0 fully saturated rings.